The zero-order chi connectivity index (χ0) is 18.7. The molecule has 26 heavy (non-hydrogen) atoms. The third kappa shape index (κ3) is 3.63. The number of nitrogens with one attached hydrogen (secondary N) is 2. The van der Waals surface area contributed by atoms with Crippen molar-refractivity contribution in [2.75, 3.05) is 12.4 Å². The minimum atomic E-state index is -3.60. The summed E-state index contributed by atoms with van der Waals surface area (Å²) in [4.78, 5) is 16.4. The Balaban J connectivity index is 1.81. The predicted octanol–water partition coefficient (Wildman–Crippen LogP) is 1.74. The molecule has 0 fully saturated rings. The van der Waals surface area contributed by atoms with E-state index < -0.39 is 10.0 Å². The molecule has 0 aliphatic heterocycles. The molecule has 0 atom stereocenters. The van der Waals surface area contributed by atoms with E-state index in [-0.39, 0.29) is 10.8 Å². The van der Waals surface area contributed by atoms with Gasteiger partial charge in [-0.15, -0.1) is 0 Å². The van der Waals surface area contributed by atoms with Gasteiger partial charge in [0.2, 0.25) is 10.0 Å². The molecule has 0 saturated carbocycles. The summed E-state index contributed by atoms with van der Waals surface area (Å²) in [5.74, 6) is -0.341. The van der Waals surface area contributed by atoms with Gasteiger partial charge in [0, 0.05) is 11.3 Å². The van der Waals surface area contributed by atoms with Crippen molar-refractivity contribution in [3.63, 3.8) is 0 Å². The Morgan fingerprint density at radius 1 is 1.12 bits per heavy atom. The number of benzene rings is 2. The number of hydrogen-bond donors (Lipinski definition) is 2. The van der Waals surface area contributed by atoms with Crippen LogP contribution < -0.4 is 10.0 Å². The van der Waals surface area contributed by atoms with Gasteiger partial charge in [-0.1, -0.05) is 6.07 Å². The van der Waals surface area contributed by atoms with Crippen LogP contribution in [0.5, 0.6) is 0 Å². The first-order valence-electron chi connectivity index (χ1n) is 7.71. The van der Waals surface area contributed by atoms with Crippen molar-refractivity contribution in [2.24, 2.45) is 0 Å². The number of carbonyl (C=O) groups is 1. The van der Waals surface area contributed by atoms with Gasteiger partial charge in [0.1, 0.15) is 12.7 Å². The highest BCUT2D eigenvalue weighted by Crippen LogP contribution is 2.20. The van der Waals surface area contributed by atoms with Crippen LogP contribution in [0.4, 0.5) is 5.69 Å². The summed E-state index contributed by atoms with van der Waals surface area (Å²) in [6.45, 7) is 1.69. The predicted molar refractivity (Wildman–Crippen MR) is 96.7 cm³/mol. The third-order valence-corrected chi connectivity index (χ3v) is 5.37. The second-order valence-corrected chi connectivity index (χ2v) is 7.38. The summed E-state index contributed by atoms with van der Waals surface area (Å²) in [6, 6.07) is 11.5. The van der Waals surface area contributed by atoms with Crippen molar-refractivity contribution >= 4 is 21.6 Å². The smallest absolute Gasteiger partial charge is 0.255 e. The van der Waals surface area contributed by atoms with Crippen LogP contribution in [-0.2, 0) is 10.0 Å². The zero-order valence-electron chi connectivity index (χ0n) is 14.2. The van der Waals surface area contributed by atoms with E-state index in [1.54, 1.807) is 54.3 Å². The monoisotopic (exact) mass is 371 g/mol. The number of hydrogen-bond acceptors (Lipinski definition) is 5. The summed E-state index contributed by atoms with van der Waals surface area (Å²) < 4.78 is 27.9. The molecule has 3 rings (SSSR count). The standard InChI is InChI=1S/C17H17N5O3S/c1-12-3-6-14(9-16(12)26(24,25)18-2)21-17(23)13-4-7-15(8-5-13)22-11-19-10-20-22/h3-11,18H,1-2H3,(H,21,23). The van der Waals surface area contributed by atoms with E-state index in [9.17, 15) is 13.2 Å². The second kappa shape index (κ2) is 7.06. The summed E-state index contributed by atoms with van der Waals surface area (Å²) in [5.41, 5.74) is 2.20. The van der Waals surface area contributed by atoms with Gasteiger partial charge >= 0.3 is 0 Å². The Morgan fingerprint density at radius 3 is 2.46 bits per heavy atom. The lowest BCUT2D eigenvalue weighted by Crippen LogP contribution is -2.20. The Morgan fingerprint density at radius 2 is 1.85 bits per heavy atom. The topological polar surface area (TPSA) is 106 Å². The lowest BCUT2D eigenvalue weighted by molar-refractivity contribution is 0.102. The molecule has 0 saturated heterocycles. The molecule has 3 aromatic rings. The molecular weight excluding hydrogens is 354 g/mol. The van der Waals surface area contributed by atoms with E-state index in [4.69, 9.17) is 0 Å². The second-order valence-electron chi connectivity index (χ2n) is 5.53. The molecule has 0 bridgehead atoms. The Hall–Kier alpha value is -3.04. The van der Waals surface area contributed by atoms with Crippen molar-refractivity contribution < 1.29 is 13.2 Å². The fourth-order valence-corrected chi connectivity index (χ4v) is 3.38. The molecule has 134 valence electrons. The van der Waals surface area contributed by atoms with E-state index in [0.29, 0.717) is 16.8 Å². The van der Waals surface area contributed by atoms with Crippen LogP contribution in [0.1, 0.15) is 15.9 Å². The highest BCUT2D eigenvalue weighted by molar-refractivity contribution is 7.89. The van der Waals surface area contributed by atoms with Crippen LogP contribution in [0, 0.1) is 6.92 Å². The van der Waals surface area contributed by atoms with Gasteiger partial charge in [0.15, 0.2) is 0 Å². The minimum absolute atomic E-state index is 0.124. The van der Waals surface area contributed by atoms with Gasteiger partial charge in [0.05, 0.1) is 10.6 Å². The number of aromatic nitrogens is 3. The van der Waals surface area contributed by atoms with Crippen LogP contribution in [0.15, 0.2) is 60.0 Å². The average molecular weight is 371 g/mol. The first-order chi connectivity index (χ1) is 12.4. The van der Waals surface area contributed by atoms with E-state index in [2.05, 4.69) is 20.1 Å². The summed E-state index contributed by atoms with van der Waals surface area (Å²) in [5, 5.41) is 6.73. The van der Waals surface area contributed by atoms with Gasteiger partial charge in [0.25, 0.3) is 5.91 Å². The number of carbonyl (C=O) groups excluding carboxylic acids is 1. The number of amides is 1. The molecule has 1 aromatic heterocycles. The third-order valence-electron chi connectivity index (χ3n) is 3.82. The van der Waals surface area contributed by atoms with Crippen LogP contribution in [0.3, 0.4) is 0 Å². The SMILES string of the molecule is CNS(=O)(=O)c1cc(NC(=O)c2ccc(-n3cncn3)cc2)ccc1C. The molecule has 0 aliphatic rings. The lowest BCUT2D eigenvalue weighted by Gasteiger charge is -2.10. The normalized spacial score (nSPS) is 11.3. The van der Waals surface area contributed by atoms with Gasteiger partial charge in [-0.25, -0.2) is 22.8 Å². The number of nitrogens with zero attached hydrogens (tertiary/aromatic N) is 3. The van der Waals surface area contributed by atoms with Crippen molar-refractivity contribution in [2.45, 2.75) is 11.8 Å². The van der Waals surface area contributed by atoms with Gasteiger partial charge in [-0.2, -0.15) is 5.10 Å². The number of rotatable bonds is 5. The first-order valence-corrected chi connectivity index (χ1v) is 9.19. The van der Waals surface area contributed by atoms with Gasteiger partial charge in [-0.3, -0.25) is 4.79 Å². The van der Waals surface area contributed by atoms with Crippen LogP contribution in [0.2, 0.25) is 0 Å². The van der Waals surface area contributed by atoms with Crippen LogP contribution in [-0.4, -0.2) is 36.1 Å². The van der Waals surface area contributed by atoms with E-state index in [1.807, 2.05) is 0 Å². The summed E-state index contributed by atoms with van der Waals surface area (Å²) in [7, 11) is -2.26. The maximum atomic E-state index is 12.4. The lowest BCUT2D eigenvalue weighted by atomic mass is 10.1. The summed E-state index contributed by atoms with van der Waals surface area (Å²) >= 11 is 0. The molecule has 0 unspecified atom stereocenters. The maximum absolute atomic E-state index is 12.4. The van der Waals surface area contributed by atoms with Crippen molar-refractivity contribution in [3.8, 4) is 5.69 Å². The highest BCUT2D eigenvalue weighted by atomic mass is 32.2. The molecule has 8 nitrogen and oxygen atoms in total. The highest BCUT2D eigenvalue weighted by Gasteiger charge is 2.16. The van der Waals surface area contributed by atoms with Crippen LogP contribution in [0.25, 0.3) is 5.69 Å². The largest absolute Gasteiger partial charge is 0.322 e. The fourth-order valence-electron chi connectivity index (χ4n) is 2.39. The molecule has 0 spiro atoms. The molecular formula is C17H17N5O3S. The van der Waals surface area contributed by atoms with Crippen molar-refractivity contribution in [1.29, 1.82) is 0 Å². The molecule has 1 heterocycles. The van der Waals surface area contributed by atoms with Gasteiger partial charge < -0.3 is 5.32 Å². The average Bonchev–Trinajstić information content (AvgIpc) is 3.18. The number of anilines is 1. The number of aryl methyl sites for hydroxylation is 1. The molecule has 0 aliphatic carbocycles. The van der Waals surface area contributed by atoms with E-state index >= 15 is 0 Å². The first kappa shape index (κ1) is 17.8. The van der Waals surface area contributed by atoms with Gasteiger partial charge in [-0.05, 0) is 55.9 Å². The molecule has 2 N–H and O–H groups in total. The Kier molecular flexibility index (Phi) is 4.83. The van der Waals surface area contributed by atoms with Crippen molar-refractivity contribution in [1.82, 2.24) is 19.5 Å². The summed E-state index contributed by atoms with van der Waals surface area (Å²) in [6.07, 6.45) is 2.99. The van der Waals surface area contributed by atoms with E-state index in [1.165, 1.54) is 19.4 Å². The van der Waals surface area contributed by atoms with E-state index in [0.717, 1.165) is 5.69 Å². The van der Waals surface area contributed by atoms with Crippen molar-refractivity contribution in [3.05, 3.63) is 66.2 Å². The van der Waals surface area contributed by atoms with Crippen LogP contribution >= 0.6 is 0 Å². The quantitative estimate of drug-likeness (QED) is 0.710. The maximum Gasteiger partial charge on any atom is 0.255 e. The minimum Gasteiger partial charge on any atom is -0.322 e. The molecule has 9 heteroatoms. The number of sulfonamides is 1. The zero-order valence-corrected chi connectivity index (χ0v) is 15.0. The Bertz CT molecular complexity index is 1030. The fraction of sp³-hybridized carbons (Fsp3) is 0.118. The Labute approximate surface area is 150 Å². The molecule has 0 radical (unpaired) electrons. The molecule has 2 aromatic carbocycles. The molecule has 1 amide bonds.